The third kappa shape index (κ3) is 3.01. The summed E-state index contributed by atoms with van der Waals surface area (Å²) in [5, 5.41) is 0.454. The lowest BCUT2D eigenvalue weighted by Crippen LogP contribution is -2.32. The first-order chi connectivity index (χ1) is 8.48. The van der Waals surface area contributed by atoms with Crippen molar-refractivity contribution in [2.75, 3.05) is 40.3 Å². The Morgan fingerprint density at radius 2 is 1.89 bits per heavy atom. The standard InChI is InChI=1S/C12H19NO4S/c1-12(6-15-2,7-16-3)9-5-8(10(13)18-9)11(14)17-4/h5H,6-7,13H2,1-4H3. The van der Waals surface area contributed by atoms with Crippen LogP contribution in [-0.2, 0) is 19.6 Å². The largest absolute Gasteiger partial charge is 0.465 e. The molecule has 0 aromatic carbocycles. The monoisotopic (exact) mass is 273 g/mol. The normalized spacial score (nSPS) is 11.6. The van der Waals surface area contributed by atoms with Gasteiger partial charge in [-0.3, -0.25) is 0 Å². The van der Waals surface area contributed by atoms with E-state index in [0.717, 1.165) is 4.88 Å². The van der Waals surface area contributed by atoms with Crippen molar-refractivity contribution in [3.63, 3.8) is 0 Å². The van der Waals surface area contributed by atoms with E-state index in [2.05, 4.69) is 4.74 Å². The molecule has 0 aliphatic carbocycles. The van der Waals surface area contributed by atoms with Crippen molar-refractivity contribution in [1.29, 1.82) is 0 Å². The van der Waals surface area contributed by atoms with Gasteiger partial charge in [0.05, 0.1) is 25.9 Å². The molecule has 18 heavy (non-hydrogen) atoms. The number of ether oxygens (including phenoxy) is 3. The van der Waals surface area contributed by atoms with Crippen LogP contribution in [-0.4, -0.2) is 40.5 Å². The highest BCUT2D eigenvalue weighted by molar-refractivity contribution is 7.16. The lowest BCUT2D eigenvalue weighted by atomic mass is 9.90. The number of thiophene rings is 1. The van der Waals surface area contributed by atoms with Gasteiger partial charge in [-0.05, 0) is 6.07 Å². The number of methoxy groups -OCH3 is 3. The number of esters is 1. The second-order valence-electron chi connectivity index (χ2n) is 4.31. The quantitative estimate of drug-likeness (QED) is 0.798. The summed E-state index contributed by atoms with van der Waals surface area (Å²) in [6, 6.07) is 1.75. The van der Waals surface area contributed by atoms with Gasteiger partial charge in [0.25, 0.3) is 0 Å². The van der Waals surface area contributed by atoms with Crippen molar-refractivity contribution >= 4 is 22.3 Å². The molecular weight excluding hydrogens is 254 g/mol. The van der Waals surface area contributed by atoms with E-state index in [-0.39, 0.29) is 5.41 Å². The van der Waals surface area contributed by atoms with E-state index in [0.29, 0.717) is 23.8 Å². The number of anilines is 1. The molecule has 0 atom stereocenters. The van der Waals surface area contributed by atoms with E-state index in [4.69, 9.17) is 15.2 Å². The molecule has 0 fully saturated rings. The molecule has 102 valence electrons. The average Bonchev–Trinajstić information content (AvgIpc) is 2.72. The zero-order valence-electron chi connectivity index (χ0n) is 11.1. The Labute approximate surface area is 111 Å². The molecule has 0 aliphatic rings. The fourth-order valence-corrected chi connectivity index (χ4v) is 2.82. The summed E-state index contributed by atoms with van der Waals surface area (Å²) in [6.45, 7) is 2.98. The molecule has 1 aromatic heterocycles. The fraction of sp³-hybridized carbons (Fsp3) is 0.583. The number of hydrogen-bond donors (Lipinski definition) is 1. The van der Waals surface area contributed by atoms with Gasteiger partial charge in [-0.15, -0.1) is 11.3 Å². The highest BCUT2D eigenvalue weighted by Gasteiger charge is 2.31. The minimum atomic E-state index is -0.424. The zero-order valence-corrected chi connectivity index (χ0v) is 11.9. The highest BCUT2D eigenvalue weighted by Crippen LogP contribution is 2.35. The highest BCUT2D eigenvalue weighted by atomic mass is 32.1. The van der Waals surface area contributed by atoms with E-state index in [1.54, 1.807) is 20.3 Å². The lowest BCUT2D eigenvalue weighted by molar-refractivity contribution is 0.0600. The molecule has 1 heterocycles. The Morgan fingerprint density at radius 3 is 2.33 bits per heavy atom. The predicted octanol–water partition coefficient (Wildman–Crippen LogP) is 1.67. The van der Waals surface area contributed by atoms with Crippen LogP contribution in [0.2, 0.25) is 0 Å². The van der Waals surface area contributed by atoms with Crippen molar-refractivity contribution in [3.8, 4) is 0 Å². The smallest absolute Gasteiger partial charge is 0.340 e. The van der Waals surface area contributed by atoms with Gasteiger partial charge in [-0.2, -0.15) is 0 Å². The van der Waals surface area contributed by atoms with Gasteiger partial charge in [0.2, 0.25) is 0 Å². The Hall–Kier alpha value is -1.11. The maximum Gasteiger partial charge on any atom is 0.340 e. The van der Waals surface area contributed by atoms with Crippen molar-refractivity contribution in [2.24, 2.45) is 0 Å². The van der Waals surface area contributed by atoms with E-state index in [9.17, 15) is 4.79 Å². The Bertz CT molecular complexity index is 410. The van der Waals surface area contributed by atoms with Crippen LogP contribution in [0.5, 0.6) is 0 Å². The Balaban J connectivity index is 3.10. The molecule has 0 saturated heterocycles. The average molecular weight is 273 g/mol. The molecule has 0 amide bonds. The number of carbonyl (C=O) groups excluding carboxylic acids is 1. The zero-order chi connectivity index (χ0) is 13.8. The van der Waals surface area contributed by atoms with Crippen LogP contribution in [0.15, 0.2) is 6.07 Å². The maximum atomic E-state index is 11.5. The summed E-state index contributed by atoms with van der Waals surface area (Å²) < 4.78 is 15.1. The fourth-order valence-electron chi connectivity index (χ4n) is 1.79. The number of nitrogens with two attached hydrogens (primary N) is 1. The Morgan fingerprint density at radius 1 is 1.33 bits per heavy atom. The van der Waals surface area contributed by atoms with Gasteiger partial charge >= 0.3 is 5.97 Å². The van der Waals surface area contributed by atoms with E-state index < -0.39 is 5.97 Å². The second kappa shape index (κ2) is 6.17. The van der Waals surface area contributed by atoms with Crippen LogP contribution in [0.1, 0.15) is 22.2 Å². The first-order valence-corrected chi connectivity index (χ1v) is 6.26. The van der Waals surface area contributed by atoms with Crippen molar-refractivity contribution in [1.82, 2.24) is 0 Å². The second-order valence-corrected chi connectivity index (χ2v) is 5.39. The summed E-state index contributed by atoms with van der Waals surface area (Å²) in [5.41, 5.74) is 5.92. The SMILES string of the molecule is COCC(C)(COC)c1cc(C(=O)OC)c(N)s1. The summed E-state index contributed by atoms with van der Waals surface area (Å²) in [7, 11) is 4.60. The van der Waals surface area contributed by atoms with Gasteiger partial charge in [0.1, 0.15) is 5.00 Å². The molecule has 0 unspecified atom stereocenters. The molecule has 5 nitrogen and oxygen atoms in total. The molecule has 1 aromatic rings. The van der Waals surface area contributed by atoms with Gasteiger partial charge in [-0.25, -0.2) is 4.79 Å². The maximum absolute atomic E-state index is 11.5. The minimum absolute atomic E-state index is 0.325. The summed E-state index contributed by atoms with van der Waals surface area (Å²) in [5.74, 6) is -0.424. The number of hydrogen-bond acceptors (Lipinski definition) is 6. The Kier molecular flexibility index (Phi) is 5.13. The van der Waals surface area contributed by atoms with Crippen LogP contribution in [0.4, 0.5) is 5.00 Å². The first kappa shape index (κ1) is 14.9. The summed E-state index contributed by atoms with van der Waals surface area (Å²) >= 11 is 1.36. The minimum Gasteiger partial charge on any atom is -0.465 e. The topological polar surface area (TPSA) is 70.8 Å². The first-order valence-electron chi connectivity index (χ1n) is 5.44. The lowest BCUT2D eigenvalue weighted by Gasteiger charge is -2.26. The number of carbonyl (C=O) groups is 1. The van der Waals surface area contributed by atoms with Crippen LogP contribution in [0.25, 0.3) is 0 Å². The van der Waals surface area contributed by atoms with Crippen LogP contribution < -0.4 is 5.73 Å². The third-order valence-corrected chi connectivity index (χ3v) is 3.96. The molecule has 2 N–H and O–H groups in total. The van der Waals surface area contributed by atoms with Gasteiger partial charge < -0.3 is 19.9 Å². The summed E-state index contributed by atoms with van der Waals surface area (Å²) in [6.07, 6.45) is 0. The van der Waals surface area contributed by atoms with E-state index >= 15 is 0 Å². The van der Waals surface area contributed by atoms with Crippen LogP contribution in [0, 0.1) is 0 Å². The molecule has 0 bridgehead atoms. The predicted molar refractivity (Wildman–Crippen MR) is 71.2 cm³/mol. The number of nitrogen functional groups attached to an aromatic ring is 1. The molecule has 0 aliphatic heterocycles. The summed E-state index contributed by atoms with van der Waals surface area (Å²) in [4.78, 5) is 12.5. The molecule has 6 heteroatoms. The molecule has 0 radical (unpaired) electrons. The third-order valence-electron chi connectivity index (χ3n) is 2.69. The number of rotatable bonds is 6. The van der Waals surface area contributed by atoms with Crippen molar-refractivity contribution in [2.45, 2.75) is 12.3 Å². The molecule has 0 spiro atoms. The van der Waals surface area contributed by atoms with Gasteiger partial charge in [-0.1, -0.05) is 6.92 Å². The van der Waals surface area contributed by atoms with Crippen molar-refractivity contribution < 1.29 is 19.0 Å². The van der Waals surface area contributed by atoms with Crippen LogP contribution >= 0.6 is 11.3 Å². The molecular formula is C12H19NO4S. The van der Waals surface area contributed by atoms with Gasteiger partial charge in [0, 0.05) is 24.5 Å². The van der Waals surface area contributed by atoms with Crippen LogP contribution in [0.3, 0.4) is 0 Å². The van der Waals surface area contributed by atoms with Gasteiger partial charge in [0.15, 0.2) is 0 Å². The molecule has 0 saturated carbocycles. The van der Waals surface area contributed by atoms with E-state index in [1.165, 1.54) is 18.4 Å². The molecule has 1 rings (SSSR count). The van der Waals surface area contributed by atoms with E-state index in [1.807, 2.05) is 6.92 Å². The van der Waals surface area contributed by atoms with Crippen molar-refractivity contribution in [3.05, 3.63) is 16.5 Å².